The van der Waals surface area contributed by atoms with Crippen molar-refractivity contribution in [1.82, 2.24) is 5.32 Å². The number of hydrogen-bond donors (Lipinski definition) is 2. The van der Waals surface area contributed by atoms with Crippen molar-refractivity contribution in [1.29, 1.82) is 0 Å². The Morgan fingerprint density at radius 1 is 1.10 bits per heavy atom. The van der Waals surface area contributed by atoms with Crippen LogP contribution in [0.5, 0.6) is 5.75 Å². The van der Waals surface area contributed by atoms with Crippen molar-refractivity contribution in [2.75, 3.05) is 6.54 Å². The monoisotopic (exact) mass is 285 g/mol. The number of nitrogens with one attached hydrogen (secondary N) is 1. The molecule has 0 aromatic heterocycles. The Morgan fingerprint density at radius 3 is 2.52 bits per heavy atom. The Morgan fingerprint density at radius 2 is 1.81 bits per heavy atom. The smallest absolute Gasteiger partial charge is 0.124 e. The van der Waals surface area contributed by atoms with Crippen LogP contribution in [-0.2, 0) is 13.2 Å². The zero-order chi connectivity index (χ0) is 15.1. The zero-order valence-electron chi connectivity index (χ0n) is 12.7. The van der Waals surface area contributed by atoms with E-state index in [4.69, 9.17) is 4.74 Å². The summed E-state index contributed by atoms with van der Waals surface area (Å²) in [5.74, 6) is 0.885. The van der Waals surface area contributed by atoms with E-state index >= 15 is 0 Å². The summed E-state index contributed by atoms with van der Waals surface area (Å²) in [4.78, 5) is 0. The molecule has 2 aromatic rings. The van der Waals surface area contributed by atoms with Gasteiger partial charge in [-0.3, -0.25) is 0 Å². The molecular weight excluding hydrogens is 262 g/mol. The van der Waals surface area contributed by atoms with Crippen molar-refractivity contribution in [3.05, 3.63) is 65.2 Å². The summed E-state index contributed by atoms with van der Waals surface area (Å²) in [7, 11) is 0. The minimum Gasteiger partial charge on any atom is -0.489 e. The topological polar surface area (TPSA) is 41.5 Å². The summed E-state index contributed by atoms with van der Waals surface area (Å²) in [6, 6.07) is 16.4. The Balaban J connectivity index is 1.94. The van der Waals surface area contributed by atoms with Crippen LogP contribution in [0, 0.1) is 6.92 Å². The maximum atomic E-state index is 9.28. The molecule has 0 aliphatic heterocycles. The molecule has 0 radical (unpaired) electrons. The van der Waals surface area contributed by atoms with Crippen molar-refractivity contribution in [3.63, 3.8) is 0 Å². The van der Waals surface area contributed by atoms with Crippen LogP contribution >= 0.6 is 0 Å². The van der Waals surface area contributed by atoms with Gasteiger partial charge in [0.1, 0.15) is 12.4 Å². The molecule has 0 saturated heterocycles. The lowest BCUT2D eigenvalue weighted by Crippen LogP contribution is -2.24. The van der Waals surface area contributed by atoms with Crippen LogP contribution in [0.3, 0.4) is 0 Å². The third kappa shape index (κ3) is 5.21. The van der Waals surface area contributed by atoms with Gasteiger partial charge in [0.25, 0.3) is 0 Å². The van der Waals surface area contributed by atoms with Gasteiger partial charge in [-0.1, -0.05) is 48.0 Å². The molecule has 0 saturated carbocycles. The molecular formula is C18H23NO2. The summed E-state index contributed by atoms with van der Waals surface area (Å²) in [6.07, 6.45) is -0.342. The van der Waals surface area contributed by atoms with E-state index in [2.05, 4.69) is 36.5 Å². The summed E-state index contributed by atoms with van der Waals surface area (Å²) < 4.78 is 5.92. The van der Waals surface area contributed by atoms with E-state index in [1.54, 1.807) is 6.92 Å². The summed E-state index contributed by atoms with van der Waals surface area (Å²) in [6.45, 7) is 5.68. The first kappa shape index (κ1) is 15.5. The number of ether oxygens (including phenoxy) is 1. The number of hydrogen-bond acceptors (Lipinski definition) is 3. The number of benzene rings is 2. The lowest BCUT2D eigenvalue weighted by atomic mass is 10.1. The van der Waals surface area contributed by atoms with Crippen LogP contribution < -0.4 is 10.1 Å². The first-order valence-electron chi connectivity index (χ1n) is 7.30. The van der Waals surface area contributed by atoms with Crippen molar-refractivity contribution in [2.24, 2.45) is 0 Å². The van der Waals surface area contributed by atoms with Crippen LogP contribution in [0.2, 0.25) is 0 Å². The molecule has 1 unspecified atom stereocenters. The minimum absolute atomic E-state index is 0.342. The molecule has 112 valence electrons. The number of rotatable bonds is 7. The molecule has 0 aliphatic rings. The van der Waals surface area contributed by atoms with E-state index in [0.717, 1.165) is 16.9 Å². The Kier molecular flexibility index (Phi) is 5.78. The van der Waals surface area contributed by atoms with Gasteiger partial charge in [-0.25, -0.2) is 0 Å². The molecule has 0 heterocycles. The fraction of sp³-hybridized carbons (Fsp3) is 0.333. The average molecular weight is 285 g/mol. The minimum atomic E-state index is -0.342. The highest BCUT2D eigenvalue weighted by Crippen LogP contribution is 2.19. The SMILES string of the molecule is Cc1ccc(COc2ccccc2CNCC(C)O)cc1. The van der Waals surface area contributed by atoms with Crippen molar-refractivity contribution >= 4 is 0 Å². The van der Waals surface area contributed by atoms with Gasteiger partial charge in [0, 0.05) is 18.7 Å². The quantitative estimate of drug-likeness (QED) is 0.821. The van der Waals surface area contributed by atoms with E-state index < -0.39 is 0 Å². The van der Waals surface area contributed by atoms with Gasteiger partial charge in [0.05, 0.1) is 6.10 Å². The number of aliphatic hydroxyl groups is 1. The predicted octanol–water partition coefficient (Wildman–Crippen LogP) is 3.04. The maximum Gasteiger partial charge on any atom is 0.124 e. The van der Waals surface area contributed by atoms with Gasteiger partial charge in [-0.15, -0.1) is 0 Å². The standard InChI is InChI=1S/C18H23NO2/c1-14-7-9-16(10-8-14)13-21-18-6-4-3-5-17(18)12-19-11-15(2)20/h3-10,15,19-20H,11-13H2,1-2H3. The van der Waals surface area contributed by atoms with Crippen LogP contribution in [0.25, 0.3) is 0 Å². The first-order chi connectivity index (χ1) is 10.1. The van der Waals surface area contributed by atoms with E-state index in [1.807, 2.05) is 24.3 Å². The van der Waals surface area contributed by atoms with Gasteiger partial charge < -0.3 is 15.2 Å². The molecule has 3 heteroatoms. The van der Waals surface area contributed by atoms with Crippen LogP contribution in [-0.4, -0.2) is 17.8 Å². The van der Waals surface area contributed by atoms with E-state index in [1.165, 1.54) is 5.56 Å². The fourth-order valence-electron chi connectivity index (χ4n) is 2.05. The highest BCUT2D eigenvalue weighted by atomic mass is 16.5. The third-order valence-electron chi connectivity index (χ3n) is 3.24. The molecule has 0 bridgehead atoms. The lowest BCUT2D eigenvalue weighted by molar-refractivity contribution is 0.190. The number of para-hydroxylation sites is 1. The van der Waals surface area contributed by atoms with Crippen LogP contribution in [0.15, 0.2) is 48.5 Å². The summed E-state index contributed by atoms with van der Waals surface area (Å²) >= 11 is 0. The van der Waals surface area contributed by atoms with Gasteiger partial charge in [-0.05, 0) is 25.5 Å². The zero-order valence-corrected chi connectivity index (χ0v) is 12.7. The highest BCUT2D eigenvalue weighted by Gasteiger charge is 2.04. The largest absolute Gasteiger partial charge is 0.489 e. The van der Waals surface area contributed by atoms with Gasteiger partial charge in [0.2, 0.25) is 0 Å². The molecule has 2 N–H and O–H groups in total. The Bertz CT molecular complexity index is 549. The van der Waals surface area contributed by atoms with E-state index in [9.17, 15) is 5.11 Å². The third-order valence-corrected chi connectivity index (χ3v) is 3.24. The average Bonchev–Trinajstić information content (AvgIpc) is 2.47. The Labute approximate surface area is 126 Å². The lowest BCUT2D eigenvalue weighted by Gasteiger charge is -2.13. The molecule has 3 nitrogen and oxygen atoms in total. The second-order valence-corrected chi connectivity index (χ2v) is 5.36. The van der Waals surface area contributed by atoms with E-state index in [0.29, 0.717) is 19.7 Å². The second kappa shape index (κ2) is 7.81. The molecule has 0 fully saturated rings. The summed E-state index contributed by atoms with van der Waals surface area (Å²) in [5, 5.41) is 12.5. The first-order valence-corrected chi connectivity index (χ1v) is 7.30. The van der Waals surface area contributed by atoms with E-state index in [-0.39, 0.29) is 6.10 Å². The maximum absolute atomic E-state index is 9.28. The molecule has 21 heavy (non-hydrogen) atoms. The van der Waals surface area contributed by atoms with Crippen molar-refractivity contribution in [3.8, 4) is 5.75 Å². The predicted molar refractivity (Wildman–Crippen MR) is 85.3 cm³/mol. The second-order valence-electron chi connectivity index (χ2n) is 5.36. The molecule has 1 atom stereocenters. The van der Waals surface area contributed by atoms with Crippen molar-refractivity contribution in [2.45, 2.75) is 33.1 Å². The fourth-order valence-corrected chi connectivity index (χ4v) is 2.05. The normalized spacial score (nSPS) is 12.1. The molecule has 0 amide bonds. The molecule has 2 rings (SSSR count). The molecule has 2 aromatic carbocycles. The summed E-state index contributed by atoms with van der Waals surface area (Å²) in [5.41, 5.74) is 3.51. The number of aliphatic hydroxyl groups excluding tert-OH is 1. The van der Waals surface area contributed by atoms with Crippen LogP contribution in [0.4, 0.5) is 0 Å². The van der Waals surface area contributed by atoms with Gasteiger partial charge in [-0.2, -0.15) is 0 Å². The highest BCUT2D eigenvalue weighted by molar-refractivity contribution is 5.33. The van der Waals surface area contributed by atoms with Gasteiger partial charge >= 0.3 is 0 Å². The van der Waals surface area contributed by atoms with Gasteiger partial charge in [0.15, 0.2) is 0 Å². The van der Waals surface area contributed by atoms with Crippen molar-refractivity contribution < 1.29 is 9.84 Å². The Hall–Kier alpha value is -1.84. The molecule has 0 aliphatic carbocycles. The molecule has 0 spiro atoms. The number of aryl methyl sites for hydroxylation is 1. The van der Waals surface area contributed by atoms with Crippen LogP contribution in [0.1, 0.15) is 23.6 Å².